The largest absolute Gasteiger partial charge is 0.128 e. The molecule has 0 bridgehead atoms. The third-order valence-corrected chi connectivity index (χ3v) is 5.09. The normalized spacial score (nSPS) is 21.5. The van der Waals surface area contributed by atoms with Gasteiger partial charge in [-0.05, 0) is 36.8 Å². The van der Waals surface area contributed by atoms with Gasteiger partial charge in [-0.1, -0.05) is 34.5 Å². The number of hydrogen-bond donors (Lipinski definition) is 0. The lowest BCUT2D eigenvalue weighted by molar-refractivity contribution is 0.513. The Hall–Kier alpha value is 0.470. The van der Waals surface area contributed by atoms with Gasteiger partial charge in [-0.15, -0.1) is 11.3 Å². The monoisotopic (exact) mass is 278 g/mol. The fraction of sp³-hybridized carbons (Fsp3) is 0.600. The van der Waals surface area contributed by atoms with Crippen molar-refractivity contribution < 1.29 is 0 Å². The van der Waals surface area contributed by atoms with E-state index in [0.717, 1.165) is 4.34 Å². The minimum atomic E-state index is 0.536. The van der Waals surface area contributed by atoms with Gasteiger partial charge in [0.2, 0.25) is 0 Å². The number of rotatable bonds is 3. The highest BCUT2D eigenvalue weighted by Gasteiger charge is 2.46. The van der Waals surface area contributed by atoms with E-state index in [1.54, 1.807) is 11.3 Å². The summed E-state index contributed by atoms with van der Waals surface area (Å²) in [5.74, 6) is 0. The Kier molecular flexibility index (Phi) is 2.74. The minimum Gasteiger partial charge on any atom is -0.128 e. The SMILES string of the molecule is CC(Br)C1(Cc2ccc(Cl)s2)CC1. The van der Waals surface area contributed by atoms with Crippen LogP contribution in [0.15, 0.2) is 12.1 Å². The molecule has 1 aromatic heterocycles. The molecule has 0 spiro atoms. The second-order valence-corrected chi connectivity index (χ2v) is 7.03. The zero-order valence-corrected chi connectivity index (χ0v) is 10.7. The zero-order valence-electron chi connectivity index (χ0n) is 7.52. The van der Waals surface area contributed by atoms with Crippen LogP contribution in [0.3, 0.4) is 0 Å². The molecule has 2 rings (SSSR count). The summed E-state index contributed by atoms with van der Waals surface area (Å²) in [5, 5.41) is 0. The van der Waals surface area contributed by atoms with Crippen LogP contribution in [0.4, 0.5) is 0 Å². The van der Waals surface area contributed by atoms with E-state index in [1.165, 1.54) is 24.1 Å². The summed E-state index contributed by atoms with van der Waals surface area (Å²) >= 11 is 11.3. The number of thiophene rings is 1. The summed E-state index contributed by atoms with van der Waals surface area (Å²) < 4.78 is 0.910. The Bertz CT molecular complexity index is 302. The third kappa shape index (κ3) is 2.11. The first kappa shape index (κ1) is 10.0. The molecule has 1 aliphatic carbocycles. The van der Waals surface area contributed by atoms with Crippen molar-refractivity contribution in [1.29, 1.82) is 0 Å². The van der Waals surface area contributed by atoms with Gasteiger partial charge in [0, 0.05) is 9.70 Å². The molecule has 0 radical (unpaired) electrons. The lowest BCUT2D eigenvalue weighted by atomic mass is 9.98. The standard InChI is InChI=1S/C10H12BrClS/c1-7(11)10(4-5-10)6-8-2-3-9(12)13-8/h2-3,7H,4-6H2,1H3. The lowest BCUT2D eigenvalue weighted by Crippen LogP contribution is -2.14. The number of hydrogen-bond acceptors (Lipinski definition) is 1. The molecule has 0 nitrogen and oxygen atoms in total. The summed E-state index contributed by atoms with van der Waals surface area (Å²) in [6, 6.07) is 4.15. The molecule has 0 N–H and O–H groups in total. The molecule has 72 valence electrons. The number of halogens is 2. The first-order valence-electron chi connectivity index (χ1n) is 4.51. The van der Waals surface area contributed by atoms with E-state index in [9.17, 15) is 0 Å². The van der Waals surface area contributed by atoms with Crippen LogP contribution in [0.25, 0.3) is 0 Å². The summed E-state index contributed by atoms with van der Waals surface area (Å²) in [6.07, 6.45) is 3.90. The molecule has 1 unspecified atom stereocenters. The topological polar surface area (TPSA) is 0 Å². The Morgan fingerprint density at radius 3 is 2.69 bits per heavy atom. The molecule has 1 aromatic rings. The van der Waals surface area contributed by atoms with E-state index < -0.39 is 0 Å². The van der Waals surface area contributed by atoms with E-state index in [4.69, 9.17) is 11.6 Å². The first-order valence-corrected chi connectivity index (χ1v) is 6.62. The Balaban J connectivity index is 2.06. The number of alkyl halides is 1. The van der Waals surface area contributed by atoms with Crippen LogP contribution in [0.1, 0.15) is 24.6 Å². The maximum Gasteiger partial charge on any atom is 0.0931 e. The highest BCUT2D eigenvalue weighted by Crippen LogP contribution is 2.54. The second-order valence-electron chi connectivity index (χ2n) is 3.86. The molecule has 1 saturated carbocycles. The van der Waals surface area contributed by atoms with Crippen molar-refractivity contribution in [2.24, 2.45) is 5.41 Å². The molecule has 0 aliphatic heterocycles. The summed E-state index contributed by atoms with van der Waals surface area (Å²) in [7, 11) is 0. The average molecular weight is 280 g/mol. The van der Waals surface area contributed by atoms with Crippen molar-refractivity contribution in [3.05, 3.63) is 21.3 Å². The van der Waals surface area contributed by atoms with Gasteiger partial charge in [-0.25, -0.2) is 0 Å². The Morgan fingerprint density at radius 1 is 1.62 bits per heavy atom. The molecule has 1 heterocycles. The summed E-state index contributed by atoms with van der Waals surface area (Å²) in [4.78, 5) is 2.05. The highest BCUT2D eigenvalue weighted by atomic mass is 79.9. The predicted octanol–water partition coefficient (Wildman–Crippen LogP) is 4.51. The minimum absolute atomic E-state index is 0.536. The van der Waals surface area contributed by atoms with Crippen molar-refractivity contribution in [3.8, 4) is 0 Å². The van der Waals surface area contributed by atoms with E-state index in [0.29, 0.717) is 10.2 Å². The van der Waals surface area contributed by atoms with Gasteiger partial charge >= 0.3 is 0 Å². The average Bonchev–Trinajstić information content (AvgIpc) is 2.72. The molecular formula is C10H12BrClS. The first-order chi connectivity index (χ1) is 6.12. The van der Waals surface area contributed by atoms with Crippen LogP contribution < -0.4 is 0 Å². The van der Waals surface area contributed by atoms with Crippen molar-refractivity contribution in [1.82, 2.24) is 0 Å². The van der Waals surface area contributed by atoms with Gasteiger partial charge in [0.15, 0.2) is 0 Å². The molecule has 0 amide bonds. The lowest BCUT2D eigenvalue weighted by Gasteiger charge is -2.16. The van der Waals surface area contributed by atoms with E-state index in [-0.39, 0.29) is 0 Å². The van der Waals surface area contributed by atoms with Gasteiger partial charge in [0.1, 0.15) is 0 Å². The van der Waals surface area contributed by atoms with Gasteiger partial charge in [-0.2, -0.15) is 0 Å². The quantitative estimate of drug-likeness (QED) is 0.714. The van der Waals surface area contributed by atoms with Gasteiger partial charge < -0.3 is 0 Å². The highest BCUT2D eigenvalue weighted by molar-refractivity contribution is 9.09. The van der Waals surface area contributed by atoms with Crippen molar-refractivity contribution >= 4 is 38.9 Å². The summed E-state index contributed by atoms with van der Waals surface area (Å²) in [6.45, 7) is 2.25. The smallest absolute Gasteiger partial charge is 0.0931 e. The molecule has 1 aliphatic rings. The Morgan fingerprint density at radius 2 is 2.31 bits per heavy atom. The van der Waals surface area contributed by atoms with Crippen molar-refractivity contribution in [3.63, 3.8) is 0 Å². The van der Waals surface area contributed by atoms with Crippen LogP contribution in [0.2, 0.25) is 4.34 Å². The fourth-order valence-electron chi connectivity index (χ4n) is 1.67. The van der Waals surface area contributed by atoms with Crippen LogP contribution >= 0.6 is 38.9 Å². The van der Waals surface area contributed by atoms with Gasteiger partial charge in [-0.3, -0.25) is 0 Å². The van der Waals surface area contributed by atoms with E-state index >= 15 is 0 Å². The van der Waals surface area contributed by atoms with Crippen LogP contribution in [0.5, 0.6) is 0 Å². The Labute approximate surface area is 96.4 Å². The maximum absolute atomic E-state index is 5.90. The predicted molar refractivity (Wildman–Crippen MR) is 63.1 cm³/mol. The van der Waals surface area contributed by atoms with Gasteiger partial charge in [0.05, 0.1) is 4.34 Å². The molecule has 1 atom stereocenters. The molecular weight excluding hydrogens is 268 g/mol. The molecule has 3 heteroatoms. The summed E-state index contributed by atoms with van der Waals surface area (Å²) in [5.41, 5.74) is 0.536. The van der Waals surface area contributed by atoms with Gasteiger partial charge in [0.25, 0.3) is 0 Å². The molecule has 0 aromatic carbocycles. The van der Waals surface area contributed by atoms with E-state index in [1.807, 2.05) is 6.07 Å². The molecule has 0 saturated heterocycles. The molecule has 1 fully saturated rings. The molecule has 13 heavy (non-hydrogen) atoms. The van der Waals surface area contributed by atoms with Crippen molar-refractivity contribution in [2.45, 2.75) is 31.0 Å². The van der Waals surface area contributed by atoms with E-state index in [2.05, 4.69) is 28.9 Å². The van der Waals surface area contributed by atoms with Crippen LogP contribution in [-0.2, 0) is 6.42 Å². The van der Waals surface area contributed by atoms with Crippen LogP contribution in [0, 0.1) is 5.41 Å². The maximum atomic E-state index is 5.90. The van der Waals surface area contributed by atoms with Crippen LogP contribution in [-0.4, -0.2) is 4.83 Å². The zero-order chi connectivity index (χ0) is 9.47. The third-order valence-electron chi connectivity index (χ3n) is 2.89. The fourth-order valence-corrected chi connectivity index (χ4v) is 3.53. The van der Waals surface area contributed by atoms with Crippen molar-refractivity contribution in [2.75, 3.05) is 0 Å². The second kappa shape index (κ2) is 3.56.